The average molecular weight is 481 g/mol. The third-order valence-corrected chi connectivity index (χ3v) is 3.68. The van der Waals surface area contributed by atoms with Crippen LogP contribution in [0.15, 0.2) is 25.5 Å². The van der Waals surface area contributed by atoms with Crippen molar-refractivity contribution in [2.24, 2.45) is 0 Å². The maximum absolute atomic E-state index is 5.43. The summed E-state index contributed by atoms with van der Waals surface area (Å²) in [5, 5.41) is 0. The second-order valence-electron chi connectivity index (χ2n) is 6.30. The van der Waals surface area contributed by atoms with E-state index in [0.29, 0.717) is 126 Å². The van der Waals surface area contributed by atoms with Gasteiger partial charge in [0, 0.05) is 0 Å². The van der Waals surface area contributed by atoms with Crippen LogP contribution in [-0.4, -0.2) is 126 Å². The average Bonchev–Trinajstić information content (AvgIpc) is 2.83. The summed E-state index contributed by atoms with van der Waals surface area (Å²) in [6.45, 7) is 17.1. The zero-order chi connectivity index (χ0) is 23.9. The Labute approximate surface area is 199 Å². The van der Waals surface area contributed by atoms with Gasteiger partial charge in [0.25, 0.3) is 0 Å². The Kier molecular flexibility index (Phi) is 29.9. The van der Waals surface area contributed by atoms with Gasteiger partial charge in [0.05, 0.1) is 125 Å². The highest BCUT2D eigenvalue weighted by Crippen LogP contribution is 1.86. The van der Waals surface area contributed by atoms with Crippen LogP contribution in [0, 0.1) is 0 Å². The minimum atomic E-state index is 0.506. The van der Waals surface area contributed by atoms with Crippen LogP contribution in [0.5, 0.6) is 0 Å². The van der Waals surface area contributed by atoms with Crippen molar-refractivity contribution >= 4 is 0 Å². The smallest absolute Gasteiger partial charge is 0.111 e. The van der Waals surface area contributed by atoms with Gasteiger partial charge in [-0.1, -0.05) is 12.7 Å². The Balaban J connectivity index is 3.00. The number of ether oxygens (including phenoxy) is 10. The van der Waals surface area contributed by atoms with Gasteiger partial charge in [-0.05, 0) is 0 Å². The van der Waals surface area contributed by atoms with Crippen molar-refractivity contribution < 1.29 is 47.4 Å². The summed E-state index contributed by atoms with van der Waals surface area (Å²) in [5.41, 5.74) is 0. The molecule has 0 N–H and O–H groups in total. The zero-order valence-electron chi connectivity index (χ0n) is 20.1. The molecule has 0 aromatic carbocycles. The molecular formula is C23H44O10. The highest BCUT2D eigenvalue weighted by Gasteiger charge is 1.95. The molecule has 10 heteroatoms. The summed E-state index contributed by atoms with van der Waals surface area (Å²) >= 11 is 0. The maximum atomic E-state index is 5.43. The number of hydrogen-bond acceptors (Lipinski definition) is 10. The van der Waals surface area contributed by atoms with E-state index in [1.807, 2.05) is 0 Å². The Morgan fingerprint density at radius 2 is 0.576 bits per heavy atom. The molecule has 0 saturated heterocycles. The molecule has 0 saturated carbocycles. The Morgan fingerprint density at radius 3 is 0.818 bits per heavy atom. The SMILES string of the molecule is C=CCOCCOCCOCCOCCOCCOCCOCCOCCOCCOC=C. The lowest BCUT2D eigenvalue weighted by molar-refractivity contribution is -0.0252. The predicted molar refractivity (Wildman–Crippen MR) is 124 cm³/mol. The van der Waals surface area contributed by atoms with Gasteiger partial charge in [-0.15, -0.1) is 6.58 Å². The Morgan fingerprint density at radius 1 is 0.333 bits per heavy atom. The van der Waals surface area contributed by atoms with Gasteiger partial charge in [-0.3, -0.25) is 0 Å². The first-order valence-corrected chi connectivity index (χ1v) is 11.4. The first-order valence-electron chi connectivity index (χ1n) is 11.4. The third-order valence-electron chi connectivity index (χ3n) is 3.68. The highest BCUT2D eigenvalue weighted by atomic mass is 16.6. The van der Waals surface area contributed by atoms with Crippen LogP contribution in [-0.2, 0) is 47.4 Å². The summed E-state index contributed by atoms with van der Waals surface area (Å²) < 4.78 is 53.3. The van der Waals surface area contributed by atoms with E-state index in [9.17, 15) is 0 Å². The molecule has 0 fully saturated rings. The van der Waals surface area contributed by atoms with Gasteiger partial charge in [-0.25, -0.2) is 0 Å². The Hall–Kier alpha value is -1.08. The van der Waals surface area contributed by atoms with Gasteiger partial charge in [0.1, 0.15) is 6.61 Å². The van der Waals surface area contributed by atoms with Crippen LogP contribution in [0.3, 0.4) is 0 Å². The Bertz CT molecular complexity index is 350. The van der Waals surface area contributed by atoms with E-state index < -0.39 is 0 Å². The monoisotopic (exact) mass is 480 g/mol. The molecule has 0 amide bonds. The lowest BCUT2D eigenvalue weighted by Crippen LogP contribution is -2.15. The molecule has 0 rings (SSSR count). The maximum Gasteiger partial charge on any atom is 0.111 e. The number of rotatable bonds is 30. The van der Waals surface area contributed by atoms with Crippen LogP contribution in [0.1, 0.15) is 0 Å². The molecule has 0 heterocycles. The fraction of sp³-hybridized carbons (Fsp3) is 0.826. The second kappa shape index (κ2) is 30.9. The largest absolute Gasteiger partial charge is 0.499 e. The summed E-state index contributed by atoms with van der Waals surface area (Å²) in [6, 6.07) is 0. The minimum Gasteiger partial charge on any atom is -0.499 e. The molecule has 0 aromatic rings. The normalized spacial score (nSPS) is 11.0. The highest BCUT2D eigenvalue weighted by molar-refractivity contribution is 4.63. The molecular weight excluding hydrogens is 436 g/mol. The van der Waals surface area contributed by atoms with Crippen LogP contribution < -0.4 is 0 Å². The quantitative estimate of drug-likeness (QED) is 0.0855. The molecule has 0 radical (unpaired) electrons. The van der Waals surface area contributed by atoms with Crippen LogP contribution >= 0.6 is 0 Å². The standard InChI is InChI=1S/C23H44O10/c1-3-5-25-8-9-27-12-13-29-16-17-31-20-21-33-23-22-32-19-18-30-15-14-28-11-10-26-7-6-24-4-2/h3-4H,1-2,5-23H2. The van der Waals surface area contributed by atoms with Crippen molar-refractivity contribution in [1.29, 1.82) is 0 Å². The molecule has 0 atom stereocenters. The van der Waals surface area contributed by atoms with E-state index in [0.717, 1.165) is 0 Å². The zero-order valence-corrected chi connectivity index (χ0v) is 20.1. The molecule has 33 heavy (non-hydrogen) atoms. The molecule has 0 aromatic heterocycles. The second-order valence-corrected chi connectivity index (χ2v) is 6.30. The summed E-state index contributed by atoms with van der Waals surface area (Å²) in [5.74, 6) is 0. The van der Waals surface area contributed by atoms with Crippen LogP contribution in [0.25, 0.3) is 0 Å². The molecule has 0 spiro atoms. The fourth-order valence-corrected chi connectivity index (χ4v) is 2.12. The molecule has 0 aliphatic heterocycles. The van der Waals surface area contributed by atoms with Gasteiger partial charge in [0.2, 0.25) is 0 Å². The summed E-state index contributed by atoms with van der Waals surface area (Å²) in [7, 11) is 0. The van der Waals surface area contributed by atoms with Crippen molar-refractivity contribution in [2.45, 2.75) is 0 Å². The summed E-state index contributed by atoms with van der Waals surface area (Å²) in [6.07, 6.45) is 3.11. The molecule has 10 nitrogen and oxygen atoms in total. The molecule has 0 aliphatic rings. The van der Waals surface area contributed by atoms with Gasteiger partial charge < -0.3 is 47.4 Å². The first kappa shape index (κ1) is 31.9. The van der Waals surface area contributed by atoms with E-state index in [2.05, 4.69) is 13.2 Å². The fourth-order valence-electron chi connectivity index (χ4n) is 2.12. The number of hydrogen-bond donors (Lipinski definition) is 0. The van der Waals surface area contributed by atoms with Crippen LogP contribution in [0.2, 0.25) is 0 Å². The van der Waals surface area contributed by atoms with Crippen molar-refractivity contribution in [3.05, 3.63) is 25.5 Å². The topological polar surface area (TPSA) is 92.3 Å². The molecule has 0 unspecified atom stereocenters. The van der Waals surface area contributed by atoms with Crippen LogP contribution in [0.4, 0.5) is 0 Å². The lowest BCUT2D eigenvalue weighted by Gasteiger charge is -2.08. The van der Waals surface area contributed by atoms with Crippen molar-refractivity contribution in [3.8, 4) is 0 Å². The molecule has 196 valence electrons. The minimum absolute atomic E-state index is 0.506. The first-order chi connectivity index (χ1) is 16.4. The van der Waals surface area contributed by atoms with Gasteiger partial charge in [0.15, 0.2) is 0 Å². The van der Waals surface area contributed by atoms with E-state index >= 15 is 0 Å². The lowest BCUT2D eigenvalue weighted by atomic mass is 10.6. The van der Waals surface area contributed by atoms with E-state index in [1.54, 1.807) is 6.08 Å². The predicted octanol–water partition coefficient (Wildman–Crippen LogP) is 1.48. The van der Waals surface area contributed by atoms with Gasteiger partial charge >= 0.3 is 0 Å². The molecule has 0 aliphatic carbocycles. The van der Waals surface area contributed by atoms with Gasteiger partial charge in [-0.2, -0.15) is 0 Å². The van der Waals surface area contributed by atoms with E-state index in [-0.39, 0.29) is 0 Å². The van der Waals surface area contributed by atoms with E-state index in [4.69, 9.17) is 47.4 Å². The third kappa shape index (κ3) is 30.9. The van der Waals surface area contributed by atoms with E-state index in [1.165, 1.54) is 6.26 Å². The summed E-state index contributed by atoms with van der Waals surface area (Å²) in [4.78, 5) is 0. The van der Waals surface area contributed by atoms with Crippen molar-refractivity contribution in [3.63, 3.8) is 0 Å². The molecule has 0 bridgehead atoms. The van der Waals surface area contributed by atoms with Crippen molar-refractivity contribution in [2.75, 3.05) is 126 Å². The van der Waals surface area contributed by atoms with Crippen molar-refractivity contribution in [1.82, 2.24) is 0 Å².